The largest absolute Gasteiger partial charge is 0.467 e. The normalized spacial score (nSPS) is 18.0. The van der Waals surface area contributed by atoms with Gasteiger partial charge in [-0.1, -0.05) is 11.6 Å². The van der Waals surface area contributed by atoms with Crippen LogP contribution in [0, 0.1) is 0 Å². The highest BCUT2D eigenvalue weighted by Crippen LogP contribution is 2.02. The molecule has 0 aliphatic carbocycles. The number of aromatic nitrogens is 1. The van der Waals surface area contributed by atoms with Crippen molar-refractivity contribution in [3.63, 3.8) is 0 Å². The number of halogens is 1. The first-order valence-corrected chi connectivity index (χ1v) is 4.38. The molecule has 1 aromatic rings. The van der Waals surface area contributed by atoms with Crippen molar-refractivity contribution in [1.82, 2.24) is 4.98 Å². The minimum Gasteiger partial charge on any atom is -0.467 e. The lowest BCUT2D eigenvalue weighted by Crippen LogP contribution is -2.25. The van der Waals surface area contributed by atoms with Crippen LogP contribution in [0.15, 0.2) is 17.3 Å². The summed E-state index contributed by atoms with van der Waals surface area (Å²) in [4.78, 5) is 19.2. The zero-order chi connectivity index (χ0) is 10.1. The maximum Gasteiger partial charge on any atom is 0.334 e. The second kappa shape index (κ2) is 3.38. The topological polar surface area (TPSA) is 51.5 Å². The van der Waals surface area contributed by atoms with Gasteiger partial charge in [0, 0.05) is 11.4 Å². The Balaban J connectivity index is 2.54. The van der Waals surface area contributed by atoms with Crippen LogP contribution in [0.5, 0.6) is 0 Å². The van der Waals surface area contributed by atoms with Gasteiger partial charge in [-0.3, -0.25) is 0 Å². The Kier molecular flexibility index (Phi) is 2.21. The lowest BCUT2D eigenvalue weighted by atomic mass is 10.3. The summed E-state index contributed by atoms with van der Waals surface area (Å²) in [5.41, 5.74) is 0.493. The predicted molar refractivity (Wildman–Crippen MR) is 50.3 cm³/mol. The number of carbonyl (C=O) groups excluding carboxylic acids is 1. The zero-order valence-electron chi connectivity index (χ0n) is 7.40. The molecule has 1 atom stereocenters. The molecule has 1 aliphatic rings. The molecule has 2 rings (SSSR count). The van der Waals surface area contributed by atoms with E-state index in [0.717, 1.165) is 0 Å². The molecular formula is C9H7ClN2O2. The summed E-state index contributed by atoms with van der Waals surface area (Å²) in [5.74, 6) is -0.404. The van der Waals surface area contributed by atoms with E-state index in [2.05, 4.69) is 14.7 Å². The summed E-state index contributed by atoms with van der Waals surface area (Å²) in [5, 5.41) is 1.25. The number of methoxy groups -OCH3 is 1. The van der Waals surface area contributed by atoms with Crippen LogP contribution in [0.3, 0.4) is 0 Å². The Labute approximate surface area is 84.9 Å². The van der Waals surface area contributed by atoms with E-state index in [0.29, 0.717) is 15.7 Å². The molecule has 5 heteroatoms. The van der Waals surface area contributed by atoms with Crippen LogP contribution in [0.4, 0.5) is 0 Å². The lowest BCUT2D eigenvalue weighted by molar-refractivity contribution is -0.140. The van der Waals surface area contributed by atoms with E-state index in [-0.39, 0.29) is 0 Å². The molecule has 0 spiro atoms. The van der Waals surface area contributed by atoms with E-state index in [1.54, 1.807) is 18.3 Å². The third kappa shape index (κ3) is 1.37. The molecular weight excluding hydrogens is 204 g/mol. The van der Waals surface area contributed by atoms with Gasteiger partial charge < -0.3 is 4.74 Å². The molecule has 0 N–H and O–H groups in total. The van der Waals surface area contributed by atoms with Gasteiger partial charge in [-0.15, -0.1) is 0 Å². The molecule has 0 saturated heterocycles. The van der Waals surface area contributed by atoms with Crippen molar-refractivity contribution in [2.75, 3.05) is 7.11 Å². The van der Waals surface area contributed by atoms with Crippen molar-refractivity contribution < 1.29 is 9.53 Å². The lowest BCUT2D eigenvalue weighted by Gasteiger charge is -1.99. The maximum atomic E-state index is 11.2. The van der Waals surface area contributed by atoms with Crippen LogP contribution in [0.2, 0.25) is 5.02 Å². The van der Waals surface area contributed by atoms with E-state index in [1.807, 2.05) is 0 Å². The number of hydrogen-bond acceptors (Lipinski definition) is 4. The van der Waals surface area contributed by atoms with Crippen LogP contribution in [0.25, 0.3) is 6.08 Å². The van der Waals surface area contributed by atoms with Crippen molar-refractivity contribution in [1.29, 1.82) is 0 Å². The molecule has 0 radical (unpaired) electrons. The van der Waals surface area contributed by atoms with Crippen molar-refractivity contribution in [2.24, 2.45) is 4.99 Å². The number of esters is 1. The highest BCUT2D eigenvalue weighted by molar-refractivity contribution is 6.30. The van der Waals surface area contributed by atoms with Gasteiger partial charge in [0.05, 0.1) is 12.1 Å². The van der Waals surface area contributed by atoms with Crippen LogP contribution < -0.4 is 10.7 Å². The van der Waals surface area contributed by atoms with Crippen LogP contribution in [-0.4, -0.2) is 24.1 Å². The van der Waals surface area contributed by atoms with Gasteiger partial charge in [0.15, 0.2) is 11.5 Å². The Morgan fingerprint density at radius 2 is 2.43 bits per heavy atom. The Hall–Kier alpha value is -1.42. The summed E-state index contributed by atoms with van der Waals surface area (Å²) >= 11 is 5.90. The number of carbonyl (C=O) groups is 1. The van der Waals surface area contributed by atoms with Crippen molar-refractivity contribution in [2.45, 2.75) is 6.04 Å². The summed E-state index contributed by atoms with van der Waals surface area (Å²) in [7, 11) is 1.32. The second-order valence-corrected chi connectivity index (χ2v) is 3.20. The Morgan fingerprint density at radius 3 is 3.07 bits per heavy atom. The molecule has 0 unspecified atom stereocenters. The minimum atomic E-state index is -0.609. The smallest absolute Gasteiger partial charge is 0.334 e. The van der Waals surface area contributed by atoms with Gasteiger partial charge in [-0.25, -0.2) is 14.8 Å². The highest BCUT2D eigenvalue weighted by Gasteiger charge is 2.19. The molecule has 0 fully saturated rings. The summed E-state index contributed by atoms with van der Waals surface area (Å²) in [6.45, 7) is 0. The van der Waals surface area contributed by atoms with E-state index >= 15 is 0 Å². The number of rotatable bonds is 1. The maximum absolute atomic E-state index is 11.2. The van der Waals surface area contributed by atoms with Crippen LogP contribution in [0.1, 0.15) is 0 Å². The number of ether oxygens (including phenoxy) is 1. The first-order valence-electron chi connectivity index (χ1n) is 4.00. The van der Waals surface area contributed by atoms with Crippen LogP contribution in [-0.2, 0) is 9.53 Å². The zero-order valence-corrected chi connectivity index (χ0v) is 8.15. The highest BCUT2D eigenvalue weighted by atomic mass is 35.5. The second-order valence-electron chi connectivity index (χ2n) is 2.79. The summed E-state index contributed by atoms with van der Waals surface area (Å²) < 4.78 is 4.57. The van der Waals surface area contributed by atoms with E-state index < -0.39 is 12.0 Å². The van der Waals surface area contributed by atoms with Crippen LogP contribution >= 0.6 is 11.6 Å². The SMILES string of the molecule is COC(=O)[C@@H]1C=c2c(Cl)ccnc2=N1. The molecule has 72 valence electrons. The third-order valence-electron chi connectivity index (χ3n) is 1.94. The Bertz CT molecular complexity index is 498. The molecule has 1 aliphatic heterocycles. The summed E-state index contributed by atoms with van der Waals surface area (Å²) in [6.07, 6.45) is 3.20. The van der Waals surface area contributed by atoms with E-state index in [9.17, 15) is 4.79 Å². The van der Waals surface area contributed by atoms with Gasteiger partial charge in [0.25, 0.3) is 0 Å². The average Bonchev–Trinajstić information content (AvgIpc) is 2.62. The first-order chi connectivity index (χ1) is 6.72. The fraction of sp³-hybridized carbons (Fsp3) is 0.222. The average molecular weight is 211 g/mol. The molecule has 0 aromatic carbocycles. The molecule has 1 aromatic heterocycles. The predicted octanol–water partition coefficient (Wildman–Crippen LogP) is -0.310. The molecule has 0 amide bonds. The monoisotopic (exact) mass is 210 g/mol. The summed E-state index contributed by atoms with van der Waals surface area (Å²) in [6, 6.07) is 1.05. The van der Waals surface area contributed by atoms with Crippen molar-refractivity contribution in [3.05, 3.63) is 28.0 Å². The van der Waals surface area contributed by atoms with Gasteiger partial charge in [-0.2, -0.15) is 0 Å². The van der Waals surface area contributed by atoms with Gasteiger partial charge in [-0.05, 0) is 12.1 Å². The number of hydrogen-bond donors (Lipinski definition) is 0. The molecule has 0 saturated carbocycles. The van der Waals surface area contributed by atoms with Gasteiger partial charge in [0.1, 0.15) is 0 Å². The van der Waals surface area contributed by atoms with Gasteiger partial charge in [0.2, 0.25) is 0 Å². The molecule has 14 heavy (non-hydrogen) atoms. The molecule has 4 nitrogen and oxygen atoms in total. The molecule has 2 heterocycles. The third-order valence-corrected chi connectivity index (χ3v) is 2.27. The minimum absolute atomic E-state index is 0.404. The fourth-order valence-electron chi connectivity index (χ4n) is 1.26. The van der Waals surface area contributed by atoms with E-state index in [4.69, 9.17) is 11.6 Å². The molecule has 0 bridgehead atoms. The number of pyridine rings is 1. The van der Waals surface area contributed by atoms with Gasteiger partial charge >= 0.3 is 5.97 Å². The standard InChI is InChI=1S/C9H7ClN2O2/c1-14-9(13)7-4-5-6(10)2-3-11-8(5)12-7/h2-4,7H,1H3/t7-/m0/s1. The Morgan fingerprint density at radius 1 is 1.64 bits per heavy atom. The van der Waals surface area contributed by atoms with Crippen molar-refractivity contribution >= 4 is 23.6 Å². The number of fused-ring (bicyclic) bond motifs is 1. The quantitative estimate of drug-likeness (QED) is 0.598. The first kappa shape index (κ1) is 9.15. The van der Waals surface area contributed by atoms with Crippen molar-refractivity contribution in [3.8, 4) is 0 Å². The number of nitrogens with zero attached hydrogens (tertiary/aromatic N) is 2. The fourth-order valence-corrected chi connectivity index (χ4v) is 1.47. The van der Waals surface area contributed by atoms with E-state index in [1.165, 1.54) is 7.11 Å².